The van der Waals surface area contributed by atoms with E-state index in [0.29, 0.717) is 48.5 Å². The van der Waals surface area contributed by atoms with Crippen LogP contribution in [0, 0.1) is 11.3 Å². The number of anilines is 1. The van der Waals surface area contributed by atoms with Gasteiger partial charge in [-0.2, -0.15) is 5.26 Å². The molecule has 3 heterocycles. The fraction of sp³-hybridized carbons (Fsp3) is 0.250. The predicted octanol–water partition coefficient (Wildman–Crippen LogP) is 1.77. The van der Waals surface area contributed by atoms with Gasteiger partial charge in [-0.25, -0.2) is 9.97 Å². The number of piperazine rings is 1. The van der Waals surface area contributed by atoms with E-state index in [2.05, 4.69) is 32.0 Å². The second-order valence-electron chi connectivity index (χ2n) is 6.69. The molecule has 0 bridgehead atoms. The van der Waals surface area contributed by atoms with E-state index in [9.17, 15) is 14.9 Å². The van der Waals surface area contributed by atoms with E-state index in [4.69, 9.17) is 0 Å². The van der Waals surface area contributed by atoms with Gasteiger partial charge in [0.2, 0.25) is 5.91 Å². The number of carbonyl (C=O) groups is 1. The second kappa shape index (κ2) is 8.01. The van der Waals surface area contributed by atoms with Crippen LogP contribution in [0.3, 0.4) is 0 Å². The number of nitriles is 1. The van der Waals surface area contributed by atoms with E-state index >= 15 is 0 Å². The van der Waals surface area contributed by atoms with Crippen molar-refractivity contribution < 1.29 is 4.79 Å². The van der Waals surface area contributed by atoms with Gasteiger partial charge in [0, 0.05) is 36.8 Å². The minimum absolute atomic E-state index is 0.0542. The van der Waals surface area contributed by atoms with Gasteiger partial charge in [-0.3, -0.25) is 14.2 Å². The van der Waals surface area contributed by atoms with Crippen molar-refractivity contribution in [3.63, 3.8) is 0 Å². The van der Waals surface area contributed by atoms with Crippen molar-refractivity contribution in [3.8, 4) is 6.07 Å². The van der Waals surface area contributed by atoms with Gasteiger partial charge in [0.15, 0.2) is 0 Å². The molecule has 1 aliphatic heterocycles. The summed E-state index contributed by atoms with van der Waals surface area (Å²) in [6.45, 7) is 2.11. The lowest BCUT2D eigenvalue weighted by Crippen LogP contribution is -2.50. The molecule has 1 saturated heterocycles. The first kappa shape index (κ1) is 19.1. The maximum Gasteiger partial charge on any atom is 0.261 e. The molecule has 1 fully saturated rings. The number of rotatable bonds is 3. The average Bonchev–Trinajstić information content (AvgIpc) is 2.76. The van der Waals surface area contributed by atoms with Crippen LogP contribution in [0.5, 0.6) is 0 Å². The van der Waals surface area contributed by atoms with Gasteiger partial charge in [-0.1, -0.05) is 15.9 Å². The van der Waals surface area contributed by atoms with Crippen molar-refractivity contribution in [2.75, 3.05) is 31.1 Å². The molecule has 4 rings (SSSR count). The first-order valence-corrected chi connectivity index (χ1v) is 9.88. The Kier molecular flexibility index (Phi) is 5.27. The third kappa shape index (κ3) is 3.84. The molecule has 0 spiro atoms. The summed E-state index contributed by atoms with van der Waals surface area (Å²) < 4.78 is 2.13. The minimum Gasteiger partial charge on any atom is -0.352 e. The highest BCUT2D eigenvalue weighted by Gasteiger charge is 2.23. The maximum absolute atomic E-state index is 12.7. The topological polar surface area (TPSA) is 95.1 Å². The predicted molar refractivity (Wildman–Crippen MR) is 111 cm³/mol. The molecule has 0 N–H and O–H groups in total. The van der Waals surface area contributed by atoms with Crippen LogP contribution in [0.1, 0.15) is 5.56 Å². The molecule has 2 aromatic heterocycles. The molecule has 9 heteroatoms. The first-order valence-electron chi connectivity index (χ1n) is 9.09. The van der Waals surface area contributed by atoms with E-state index in [0.717, 1.165) is 4.47 Å². The zero-order chi connectivity index (χ0) is 20.4. The SMILES string of the molecule is N#Cc1cccnc1N1CCN(C(=O)Cn2cnc3ccc(Br)cc3c2=O)CC1. The van der Waals surface area contributed by atoms with Gasteiger partial charge in [0.1, 0.15) is 18.4 Å². The zero-order valence-corrected chi connectivity index (χ0v) is 17.0. The number of hydrogen-bond donors (Lipinski definition) is 0. The number of fused-ring (bicyclic) bond motifs is 1. The monoisotopic (exact) mass is 452 g/mol. The largest absolute Gasteiger partial charge is 0.352 e. The molecule has 0 saturated carbocycles. The number of halogens is 1. The van der Waals surface area contributed by atoms with Crippen LogP contribution < -0.4 is 10.5 Å². The summed E-state index contributed by atoms with van der Waals surface area (Å²) >= 11 is 3.36. The Morgan fingerprint density at radius 2 is 1.97 bits per heavy atom. The summed E-state index contributed by atoms with van der Waals surface area (Å²) in [6.07, 6.45) is 3.07. The third-order valence-electron chi connectivity index (χ3n) is 4.93. The highest BCUT2D eigenvalue weighted by molar-refractivity contribution is 9.10. The molecular weight excluding hydrogens is 436 g/mol. The molecule has 0 aliphatic carbocycles. The summed E-state index contributed by atoms with van der Waals surface area (Å²) in [6, 6.07) is 10.9. The van der Waals surface area contributed by atoms with E-state index < -0.39 is 0 Å². The van der Waals surface area contributed by atoms with Crippen molar-refractivity contribution in [1.29, 1.82) is 5.26 Å². The van der Waals surface area contributed by atoms with Crippen LogP contribution in [0.2, 0.25) is 0 Å². The van der Waals surface area contributed by atoms with Crippen molar-refractivity contribution in [3.05, 3.63) is 63.2 Å². The van der Waals surface area contributed by atoms with Gasteiger partial charge in [0.05, 0.1) is 22.8 Å². The molecule has 0 atom stereocenters. The standard InChI is InChI=1S/C20H17BrN6O2/c21-15-3-4-17-16(10-15)20(29)27(13-24-17)12-18(28)25-6-8-26(9-7-25)19-14(11-22)2-1-5-23-19/h1-5,10,13H,6-9,12H2. The van der Waals surface area contributed by atoms with Gasteiger partial charge < -0.3 is 9.80 Å². The Morgan fingerprint density at radius 1 is 1.17 bits per heavy atom. The van der Waals surface area contributed by atoms with Crippen molar-refractivity contribution in [2.45, 2.75) is 6.54 Å². The molecule has 29 heavy (non-hydrogen) atoms. The van der Waals surface area contributed by atoms with Gasteiger partial charge in [-0.15, -0.1) is 0 Å². The van der Waals surface area contributed by atoms with Crippen LogP contribution in [0.15, 0.2) is 52.1 Å². The van der Waals surface area contributed by atoms with E-state index in [1.54, 1.807) is 35.4 Å². The summed E-state index contributed by atoms with van der Waals surface area (Å²) in [7, 11) is 0. The quantitative estimate of drug-likeness (QED) is 0.600. The van der Waals surface area contributed by atoms with Gasteiger partial charge in [0.25, 0.3) is 5.56 Å². The van der Waals surface area contributed by atoms with Crippen molar-refractivity contribution in [2.24, 2.45) is 0 Å². The number of amides is 1. The van der Waals surface area contributed by atoms with Crippen LogP contribution in [-0.2, 0) is 11.3 Å². The Hall–Kier alpha value is -3.25. The molecule has 146 valence electrons. The molecule has 0 unspecified atom stereocenters. The molecule has 1 aliphatic rings. The number of nitrogens with zero attached hydrogens (tertiary/aromatic N) is 6. The lowest BCUT2D eigenvalue weighted by molar-refractivity contribution is -0.132. The number of aromatic nitrogens is 3. The lowest BCUT2D eigenvalue weighted by Gasteiger charge is -2.35. The summed E-state index contributed by atoms with van der Waals surface area (Å²) in [4.78, 5) is 37.7. The highest BCUT2D eigenvalue weighted by atomic mass is 79.9. The Morgan fingerprint density at radius 3 is 2.72 bits per heavy atom. The van der Waals surface area contributed by atoms with Gasteiger partial charge >= 0.3 is 0 Å². The Labute approximate surface area is 175 Å². The highest BCUT2D eigenvalue weighted by Crippen LogP contribution is 2.18. The molecular formula is C20H17BrN6O2. The fourth-order valence-corrected chi connectivity index (χ4v) is 3.75. The number of benzene rings is 1. The number of pyridine rings is 1. The maximum atomic E-state index is 12.7. The van der Waals surface area contributed by atoms with E-state index in [1.807, 2.05) is 11.0 Å². The average molecular weight is 453 g/mol. The molecule has 3 aromatic rings. The summed E-state index contributed by atoms with van der Waals surface area (Å²) in [5, 5.41) is 9.72. The van der Waals surface area contributed by atoms with Crippen LogP contribution in [0.25, 0.3) is 10.9 Å². The number of hydrogen-bond acceptors (Lipinski definition) is 6. The van der Waals surface area contributed by atoms with Crippen LogP contribution in [0.4, 0.5) is 5.82 Å². The molecule has 1 aromatic carbocycles. The Bertz CT molecular complexity index is 1180. The third-order valence-corrected chi connectivity index (χ3v) is 5.42. The van der Waals surface area contributed by atoms with Gasteiger partial charge in [-0.05, 0) is 30.3 Å². The number of carbonyl (C=O) groups excluding carboxylic acids is 1. The second-order valence-corrected chi connectivity index (χ2v) is 7.61. The van der Waals surface area contributed by atoms with Crippen molar-refractivity contribution in [1.82, 2.24) is 19.4 Å². The summed E-state index contributed by atoms with van der Waals surface area (Å²) in [5.74, 6) is 0.507. The van der Waals surface area contributed by atoms with E-state index in [1.165, 1.54) is 10.9 Å². The molecule has 8 nitrogen and oxygen atoms in total. The Balaban J connectivity index is 1.46. The van der Waals surface area contributed by atoms with Crippen molar-refractivity contribution >= 4 is 38.6 Å². The summed E-state index contributed by atoms with van der Waals surface area (Å²) in [5.41, 5.74) is 0.877. The minimum atomic E-state index is -0.240. The smallest absolute Gasteiger partial charge is 0.261 e. The molecule has 1 amide bonds. The lowest BCUT2D eigenvalue weighted by atomic mass is 10.2. The van der Waals surface area contributed by atoms with Crippen LogP contribution in [-0.4, -0.2) is 51.5 Å². The van der Waals surface area contributed by atoms with E-state index in [-0.39, 0.29) is 18.0 Å². The van der Waals surface area contributed by atoms with Crippen LogP contribution >= 0.6 is 15.9 Å². The molecule has 0 radical (unpaired) electrons. The fourth-order valence-electron chi connectivity index (χ4n) is 3.39. The zero-order valence-electron chi connectivity index (χ0n) is 15.5. The first-order chi connectivity index (χ1) is 14.1. The normalized spacial score (nSPS) is 14.1.